The molecule has 0 aliphatic heterocycles. The van der Waals surface area contributed by atoms with E-state index < -0.39 is 0 Å². The molecule has 0 atom stereocenters. The van der Waals surface area contributed by atoms with Gasteiger partial charge in [0.1, 0.15) is 0 Å². The quantitative estimate of drug-likeness (QED) is 0.524. The number of benzene rings is 1. The van der Waals surface area contributed by atoms with E-state index in [1.54, 1.807) is 11.3 Å². The van der Waals surface area contributed by atoms with Crippen molar-refractivity contribution in [2.45, 2.75) is 26.7 Å². The lowest BCUT2D eigenvalue weighted by Crippen LogP contribution is -2.14. The van der Waals surface area contributed by atoms with Crippen molar-refractivity contribution in [3.8, 4) is 0 Å². The zero-order valence-corrected chi connectivity index (χ0v) is 17.0. The summed E-state index contributed by atoms with van der Waals surface area (Å²) in [6.45, 7) is 8.88. The van der Waals surface area contributed by atoms with Gasteiger partial charge in [-0.3, -0.25) is 0 Å². The number of hydrogen-bond donors (Lipinski definition) is 1. The lowest BCUT2D eigenvalue weighted by molar-refractivity contribution is 0.383. The van der Waals surface area contributed by atoms with E-state index in [-0.39, 0.29) is 0 Å². The molecule has 0 saturated heterocycles. The Bertz CT molecular complexity index is 944. The molecule has 140 valence electrons. The highest BCUT2D eigenvalue weighted by molar-refractivity contribution is 7.07. The second kappa shape index (κ2) is 9.02. The summed E-state index contributed by atoms with van der Waals surface area (Å²) in [6, 6.07) is 8.02. The van der Waals surface area contributed by atoms with Gasteiger partial charge in [0.25, 0.3) is 0 Å². The van der Waals surface area contributed by atoms with Gasteiger partial charge in [-0.2, -0.15) is 16.3 Å². The van der Waals surface area contributed by atoms with Crippen molar-refractivity contribution in [2.24, 2.45) is 0 Å². The third-order valence-corrected chi connectivity index (χ3v) is 5.27. The van der Waals surface area contributed by atoms with Crippen LogP contribution in [-0.2, 0) is 6.42 Å². The molecule has 0 aliphatic rings. The smallest absolute Gasteiger partial charge is 0.231 e. The standard InChI is InChI=1S/C21H22ClN3OS/c1-4-17(19-12-18(22)6-5-14(19)2)7-9-23-15(3)21-24-20(26-25-21)11-16-8-10-27-13-16/h4-6,8,10,12-13,23H,3,7,9,11H2,1-2H3/b17-4-. The largest absolute Gasteiger partial charge is 0.382 e. The van der Waals surface area contributed by atoms with E-state index >= 15 is 0 Å². The van der Waals surface area contributed by atoms with Gasteiger partial charge >= 0.3 is 0 Å². The van der Waals surface area contributed by atoms with Crippen LogP contribution in [0.3, 0.4) is 0 Å². The first-order valence-electron chi connectivity index (χ1n) is 8.75. The van der Waals surface area contributed by atoms with Crippen molar-refractivity contribution in [2.75, 3.05) is 6.54 Å². The first-order valence-corrected chi connectivity index (χ1v) is 10.1. The predicted octanol–water partition coefficient (Wildman–Crippen LogP) is 5.74. The number of halogens is 1. The van der Waals surface area contributed by atoms with Crippen LogP contribution >= 0.6 is 22.9 Å². The molecule has 0 bridgehead atoms. The summed E-state index contributed by atoms with van der Waals surface area (Å²) in [5.41, 5.74) is 5.45. The average Bonchev–Trinajstić information content (AvgIpc) is 3.33. The number of thiophene rings is 1. The predicted molar refractivity (Wildman–Crippen MR) is 113 cm³/mol. The average molecular weight is 400 g/mol. The van der Waals surface area contributed by atoms with E-state index in [1.165, 1.54) is 22.3 Å². The maximum atomic E-state index is 6.15. The number of aromatic nitrogens is 2. The lowest BCUT2D eigenvalue weighted by Gasteiger charge is -2.12. The minimum atomic E-state index is 0.501. The SMILES string of the molecule is C=C(NCC/C(=C/C)c1cc(Cl)ccc1C)c1noc(Cc2ccsc2)n1. The van der Waals surface area contributed by atoms with Gasteiger partial charge in [0.05, 0.1) is 12.1 Å². The van der Waals surface area contributed by atoms with E-state index in [0.29, 0.717) is 23.8 Å². The summed E-state index contributed by atoms with van der Waals surface area (Å²) >= 11 is 7.81. The van der Waals surface area contributed by atoms with E-state index in [0.717, 1.165) is 18.0 Å². The molecule has 1 aromatic carbocycles. The highest BCUT2D eigenvalue weighted by Crippen LogP contribution is 2.25. The number of aryl methyl sites for hydroxylation is 1. The van der Waals surface area contributed by atoms with E-state index in [1.807, 2.05) is 30.5 Å². The number of allylic oxidation sites excluding steroid dienone is 1. The van der Waals surface area contributed by atoms with Gasteiger partial charge in [-0.05, 0) is 71.5 Å². The molecule has 0 spiro atoms. The Labute approximate surface area is 168 Å². The third-order valence-electron chi connectivity index (χ3n) is 4.30. The van der Waals surface area contributed by atoms with Crippen LogP contribution in [0.25, 0.3) is 11.3 Å². The monoisotopic (exact) mass is 399 g/mol. The van der Waals surface area contributed by atoms with Crippen LogP contribution in [0.4, 0.5) is 0 Å². The van der Waals surface area contributed by atoms with E-state index in [2.05, 4.69) is 46.5 Å². The van der Waals surface area contributed by atoms with Crippen molar-refractivity contribution >= 4 is 34.2 Å². The molecule has 0 aliphatic carbocycles. The van der Waals surface area contributed by atoms with Gasteiger partial charge in [-0.15, -0.1) is 0 Å². The Morgan fingerprint density at radius 2 is 2.22 bits per heavy atom. The van der Waals surface area contributed by atoms with Crippen LogP contribution in [0, 0.1) is 6.92 Å². The molecule has 0 unspecified atom stereocenters. The van der Waals surface area contributed by atoms with Crippen LogP contribution in [0.1, 0.15) is 41.8 Å². The molecule has 3 aromatic rings. The highest BCUT2D eigenvalue weighted by Gasteiger charge is 2.11. The molecule has 6 heteroatoms. The minimum Gasteiger partial charge on any atom is -0.382 e. The summed E-state index contributed by atoms with van der Waals surface area (Å²) in [5.74, 6) is 1.09. The van der Waals surface area contributed by atoms with Crippen molar-refractivity contribution in [1.29, 1.82) is 0 Å². The van der Waals surface area contributed by atoms with Gasteiger partial charge in [0.2, 0.25) is 11.7 Å². The molecular formula is C21H22ClN3OS. The fraction of sp³-hybridized carbons (Fsp3) is 0.238. The number of hydrogen-bond acceptors (Lipinski definition) is 5. The van der Waals surface area contributed by atoms with Gasteiger partial charge in [-0.1, -0.05) is 35.5 Å². The highest BCUT2D eigenvalue weighted by atomic mass is 35.5. The molecule has 0 radical (unpaired) electrons. The molecule has 27 heavy (non-hydrogen) atoms. The molecule has 4 nitrogen and oxygen atoms in total. The van der Waals surface area contributed by atoms with Crippen LogP contribution in [0.2, 0.25) is 5.02 Å². The van der Waals surface area contributed by atoms with E-state index in [4.69, 9.17) is 16.1 Å². The topological polar surface area (TPSA) is 51.0 Å². The van der Waals surface area contributed by atoms with Crippen molar-refractivity contribution in [1.82, 2.24) is 15.5 Å². The molecule has 1 N–H and O–H groups in total. The molecule has 0 fully saturated rings. The van der Waals surface area contributed by atoms with Gasteiger partial charge in [-0.25, -0.2) is 0 Å². The Balaban J connectivity index is 1.56. The number of rotatable bonds is 8. The maximum Gasteiger partial charge on any atom is 0.231 e. The maximum absolute atomic E-state index is 6.15. The normalized spacial score (nSPS) is 11.6. The first kappa shape index (κ1) is 19.4. The summed E-state index contributed by atoms with van der Waals surface area (Å²) in [7, 11) is 0. The summed E-state index contributed by atoms with van der Waals surface area (Å²) in [4.78, 5) is 4.42. The molecule has 3 rings (SSSR count). The fourth-order valence-electron chi connectivity index (χ4n) is 2.82. The molecule has 0 amide bonds. The summed E-state index contributed by atoms with van der Waals surface area (Å²) in [6.07, 6.45) is 3.60. The molecular weight excluding hydrogens is 378 g/mol. The van der Waals surface area contributed by atoms with Crippen LogP contribution in [0.5, 0.6) is 0 Å². The second-order valence-electron chi connectivity index (χ2n) is 6.25. The number of nitrogens with zero attached hydrogens (tertiary/aromatic N) is 2. The Hall–Kier alpha value is -2.37. The first-order chi connectivity index (χ1) is 13.1. The van der Waals surface area contributed by atoms with Crippen LogP contribution in [0.15, 0.2) is 52.2 Å². The van der Waals surface area contributed by atoms with E-state index in [9.17, 15) is 0 Å². The molecule has 2 heterocycles. The minimum absolute atomic E-state index is 0.501. The van der Waals surface area contributed by atoms with Gasteiger partial charge < -0.3 is 9.84 Å². The zero-order chi connectivity index (χ0) is 19.2. The third kappa shape index (κ3) is 5.08. The fourth-order valence-corrected chi connectivity index (χ4v) is 3.66. The lowest BCUT2D eigenvalue weighted by atomic mass is 9.98. The van der Waals surface area contributed by atoms with Crippen LogP contribution < -0.4 is 5.32 Å². The second-order valence-corrected chi connectivity index (χ2v) is 7.47. The Morgan fingerprint density at radius 3 is 2.96 bits per heavy atom. The van der Waals surface area contributed by atoms with Crippen molar-refractivity contribution < 1.29 is 4.52 Å². The summed E-state index contributed by atoms with van der Waals surface area (Å²) < 4.78 is 5.32. The van der Waals surface area contributed by atoms with Crippen molar-refractivity contribution in [3.63, 3.8) is 0 Å². The Kier molecular flexibility index (Phi) is 6.48. The summed E-state index contributed by atoms with van der Waals surface area (Å²) in [5, 5.41) is 12.2. The molecule has 2 aromatic heterocycles. The van der Waals surface area contributed by atoms with Gasteiger partial charge in [0.15, 0.2) is 0 Å². The Morgan fingerprint density at radius 1 is 1.37 bits per heavy atom. The van der Waals surface area contributed by atoms with Gasteiger partial charge in [0, 0.05) is 11.6 Å². The number of nitrogens with one attached hydrogen (secondary N) is 1. The zero-order valence-electron chi connectivity index (χ0n) is 15.5. The van der Waals surface area contributed by atoms with Crippen molar-refractivity contribution in [3.05, 3.63) is 81.1 Å². The molecule has 0 saturated carbocycles. The van der Waals surface area contributed by atoms with Crippen LogP contribution in [-0.4, -0.2) is 16.7 Å².